The van der Waals surface area contributed by atoms with Gasteiger partial charge in [0.1, 0.15) is 5.69 Å². The highest BCUT2D eigenvalue weighted by molar-refractivity contribution is 6.01. The van der Waals surface area contributed by atoms with Crippen LogP contribution in [0.5, 0.6) is 0 Å². The first kappa shape index (κ1) is 31.3. The van der Waals surface area contributed by atoms with E-state index in [0.29, 0.717) is 52.5 Å². The minimum Gasteiger partial charge on any atom is -0.382 e. The molecule has 0 saturated heterocycles. The fraction of sp³-hybridized carbons (Fsp3) is 0.500. The standard InChI is InChI=1S/C32H43N5O5/c1-5-42-32(2,3)17-18-33-28(38)15-16-29(39)36-23-24-11-6-7-12-25(24)31-30(26-13-8-9-14-27(26)36)34-35-37(31)19-10-20-41-22-21-40-4/h6-9,11-14H,5,10,15-23H2,1-4H3,(H,33,38). The highest BCUT2D eigenvalue weighted by Crippen LogP contribution is 2.41. The molecule has 0 unspecified atom stereocenters. The van der Waals surface area contributed by atoms with Crippen molar-refractivity contribution in [2.75, 3.05) is 45.0 Å². The van der Waals surface area contributed by atoms with Crippen molar-refractivity contribution in [2.24, 2.45) is 0 Å². The van der Waals surface area contributed by atoms with Gasteiger partial charge in [0.05, 0.1) is 36.7 Å². The lowest BCUT2D eigenvalue weighted by Crippen LogP contribution is -2.35. The molecule has 0 saturated carbocycles. The second kappa shape index (κ2) is 15.0. The summed E-state index contributed by atoms with van der Waals surface area (Å²) in [5.74, 6) is -0.265. The van der Waals surface area contributed by atoms with Crippen LogP contribution in [0.25, 0.3) is 22.5 Å². The van der Waals surface area contributed by atoms with Crippen LogP contribution in [-0.2, 0) is 36.9 Å². The van der Waals surface area contributed by atoms with E-state index in [1.165, 1.54) is 0 Å². The van der Waals surface area contributed by atoms with Crippen molar-refractivity contribution in [1.82, 2.24) is 20.3 Å². The smallest absolute Gasteiger partial charge is 0.227 e. The third-order valence-electron chi connectivity index (χ3n) is 7.33. The Morgan fingerprint density at radius 2 is 1.76 bits per heavy atom. The van der Waals surface area contributed by atoms with Crippen LogP contribution in [0.15, 0.2) is 48.5 Å². The van der Waals surface area contributed by atoms with E-state index in [2.05, 4.69) is 21.7 Å². The van der Waals surface area contributed by atoms with Crippen molar-refractivity contribution in [3.05, 3.63) is 54.1 Å². The molecule has 0 radical (unpaired) electrons. The van der Waals surface area contributed by atoms with Crippen LogP contribution in [0.2, 0.25) is 0 Å². The second-order valence-electron chi connectivity index (χ2n) is 10.9. The second-order valence-corrected chi connectivity index (χ2v) is 10.9. The Morgan fingerprint density at radius 3 is 2.55 bits per heavy atom. The monoisotopic (exact) mass is 577 g/mol. The normalized spacial score (nSPS) is 12.6. The lowest BCUT2D eigenvalue weighted by atomic mass is 9.95. The highest BCUT2D eigenvalue weighted by Gasteiger charge is 2.29. The molecular formula is C32H43N5O5. The number of nitrogens with zero attached hydrogens (tertiary/aromatic N) is 4. The maximum atomic E-state index is 13.7. The number of hydrogen-bond acceptors (Lipinski definition) is 7. The topological polar surface area (TPSA) is 108 Å². The molecule has 0 spiro atoms. The molecule has 42 heavy (non-hydrogen) atoms. The molecule has 4 rings (SSSR count). The molecule has 10 nitrogen and oxygen atoms in total. The lowest BCUT2D eigenvalue weighted by Gasteiger charge is -2.28. The van der Waals surface area contributed by atoms with Crippen molar-refractivity contribution in [3.63, 3.8) is 0 Å². The number of rotatable bonds is 15. The van der Waals surface area contributed by atoms with Crippen LogP contribution in [0, 0.1) is 0 Å². The van der Waals surface area contributed by atoms with Crippen molar-refractivity contribution in [2.45, 2.75) is 65.1 Å². The van der Waals surface area contributed by atoms with E-state index in [4.69, 9.17) is 14.2 Å². The van der Waals surface area contributed by atoms with E-state index in [9.17, 15) is 9.59 Å². The Hall–Kier alpha value is -3.60. The molecule has 3 aromatic rings. The SMILES string of the molecule is CCOC(C)(C)CCNC(=O)CCC(=O)N1Cc2ccccc2-c2c(nnn2CCCOCCOC)-c2ccccc21. The average molecular weight is 578 g/mol. The average Bonchev–Trinajstić information content (AvgIpc) is 3.38. The maximum absolute atomic E-state index is 13.7. The largest absolute Gasteiger partial charge is 0.382 e. The molecule has 2 heterocycles. The number of aryl methyl sites for hydroxylation is 1. The first-order chi connectivity index (χ1) is 20.3. The quantitative estimate of drug-likeness (QED) is 0.263. The number of anilines is 1. The zero-order valence-electron chi connectivity index (χ0n) is 25.2. The fourth-order valence-corrected chi connectivity index (χ4v) is 5.16. The van der Waals surface area contributed by atoms with E-state index in [-0.39, 0.29) is 30.3 Å². The highest BCUT2D eigenvalue weighted by atomic mass is 16.5. The van der Waals surface area contributed by atoms with Gasteiger partial charge in [-0.25, -0.2) is 4.68 Å². The summed E-state index contributed by atoms with van der Waals surface area (Å²) < 4.78 is 18.3. The molecular weight excluding hydrogens is 534 g/mol. The molecule has 0 atom stereocenters. The van der Waals surface area contributed by atoms with Crippen LogP contribution in [0.3, 0.4) is 0 Å². The van der Waals surface area contributed by atoms with Gasteiger partial charge in [-0.15, -0.1) is 5.10 Å². The number of para-hydroxylation sites is 1. The molecule has 1 aromatic heterocycles. The van der Waals surface area contributed by atoms with Crippen molar-refractivity contribution < 1.29 is 23.8 Å². The minimum atomic E-state index is -0.307. The number of amides is 2. The van der Waals surface area contributed by atoms with E-state index in [1.807, 2.05) is 67.9 Å². The Morgan fingerprint density at radius 1 is 1.00 bits per heavy atom. The zero-order valence-corrected chi connectivity index (χ0v) is 25.2. The summed E-state index contributed by atoms with van der Waals surface area (Å²) in [6, 6.07) is 15.8. The Labute approximate surface area is 248 Å². The molecule has 0 aliphatic carbocycles. The van der Waals surface area contributed by atoms with E-state index in [1.54, 1.807) is 12.0 Å². The Kier molecular flexibility index (Phi) is 11.2. The van der Waals surface area contributed by atoms with E-state index >= 15 is 0 Å². The number of methoxy groups -OCH3 is 1. The number of fused-ring (bicyclic) bond motifs is 5. The predicted molar refractivity (Wildman–Crippen MR) is 162 cm³/mol. The van der Waals surface area contributed by atoms with E-state index < -0.39 is 0 Å². The molecule has 1 aliphatic heterocycles. The molecule has 0 bridgehead atoms. The van der Waals surface area contributed by atoms with Gasteiger partial charge in [-0.1, -0.05) is 47.7 Å². The summed E-state index contributed by atoms with van der Waals surface area (Å²) in [6.07, 6.45) is 1.68. The third-order valence-corrected chi connectivity index (χ3v) is 7.33. The number of nitrogens with one attached hydrogen (secondary N) is 1. The molecule has 226 valence electrons. The van der Waals surface area contributed by atoms with E-state index in [0.717, 1.165) is 40.2 Å². The number of carbonyl (C=O) groups excluding carboxylic acids is 2. The maximum Gasteiger partial charge on any atom is 0.227 e. The van der Waals surface area contributed by atoms with Gasteiger partial charge in [0.2, 0.25) is 11.8 Å². The summed E-state index contributed by atoms with van der Waals surface area (Å²) in [5, 5.41) is 12.1. The van der Waals surface area contributed by atoms with Gasteiger partial charge in [-0.3, -0.25) is 9.59 Å². The summed E-state index contributed by atoms with van der Waals surface area (Å²) in [6.45, 7) is 9.82. The van der Waals surface area contributed by atoms with Crippen LogP contribution >= 0.6 is 0 Å². The molecule has 2 amide bonds. The lowest BCUT2D eigenvalue weighted by molar-refractivity contribution is -0.125. The number of carbonyl (C=O) groups is 2. The first-order valence-corrected chi connectivity index (χ1v) is 14.7. The molecule has 1 N–H and O–H groups in total. The van der Waals surface area contributed by atoms with Gasteiger partial charge in [-0.2, -0.15) is 0 Å². The number of ether oxygens (including phenoxy) is 3. The van der Waals surface area contributed by atoms with Gasteiger partial charge < -0.3 is 24.4 Å². The van der Waals surface area contributed by atoms with Gasteiger partial charge in [0.15, 0.2) is 0 Å². The Bertz CT molecular complexity index is 1340. The predicted octanol–water partition coefficient (Wildman–Crippen LogP) is 4.61. The van der Waals surface area contributed by atoms with Crippen molar-refractivity contribution in [1.29, 1.82) is 0 Å². The molecule has 10 heteroatoms. The third kappa shape index (κ3) is 8.02. The van der Waals surface area contributed by atoms with Crippen LogP contribution in [-0.4, -0.2) is 72.5 Å². The summed E-state index contributed by atoms with van der Waals surface area (Å²) in [4.78, 5) is 28.1. The van der Waals surface area contributed by atoms with Crippen molar-refractivity contribution in [3.8, 4) is 22.5 Å². The van der Waals surface area contributed by atoms with Crippen molar-refractivity contribution >= 4 is 17.5 Å². The van der Waals surface area contributed by atoms with Crippen LogP contribution in [0.1, 0.15) is 52.0 Å². The molecule has 2 aromatic carbocycles. The van der Waals surface area contributed by atoms with Crippen LogP contribution in [0.4, 0.5) is 5.69 Å². The van der Waals surface area contributed by atoms with Gasteiger partial charge in [-0.05, 0) is 45.2 Å². The zero-order chi connectivity index (χ0) is 30.0. The van der Waals surface area contributed by atoms with Crippen LogP contribution < -0.4 is 10.2 Å². The molecule has 1 aliphatic rings. The summed E-state index contributed by atoms with van der Waals surface area (Å²) in [7, 11) is 1.66. The number of benzene rings is 2. The Balaban J connectivity index is 1.52. The number of aromatic nitrogens is 3. The van der Waals surface area contributed by atoms with Gasteiger partial charge in [0, 0.05) is 57.4 Å². The summed E-state index contributed by atoms with van der Waals surface area (Å²) in [5.41, 5.74) is 4.91. The number of hydrogen-bond donors (Lipinski definition) is 1. The molecule has 0 fully saturated rings. The fourth-order valence-electron chi connectivity index (χ4n) is 5.16. The van der Waals surface area contributed by atoms with Gasteiger partial charge >= 0.3 is 0 Å². The van der Waals surface area contributed by atoms with Gasteiger partial charge in [0.25, 0.3) is 0 Å². The minimum absolute atomic E-state index is 0.0970. The first-order valence-electron chi connectivity index (χ1n) is 14.7. The summed E-state index contributed by atoms with van der Waals surface area (Å²) >= 11 is 0.